The molecule has 0 bridgehead atoms. The zero-order valence-corrected chi connectivity index (χ0v) is 9.94. The Morgan fingerprint density at radius 1 is 1.47 bits per heavy atom. The van der Waals surface area contributed by atoms with Crippen molar-refractivity contribution in [3.63, 3.8) is 0 Å². The Morgan fingerprint density at radius 3 is 2.82 bits per heavy atom. The van der Waals surface area contributed by atoms with Crippen LogP contribution in [0.5, 0.6) is 5.75 Å². The lowest BCUT2D eigenvalue weighted by atomic mass is 9.82. The summed E-state index contributed by atoms with van der Waals surface area (Å²) >= 11 is 5.76. The summed E-state index contributed by atoms with van der Waals surface area (Å²) in [5.74, 6) is -0.0952. The molecular formula is C12H14ClNO3. The molecule has 1 aliphatic rings. The summed E-state index contributed by atoms with van der Waals surface area (Å²) in [4.78, 5) is 11.8. The maximum Gasteiger partial charge on any atom is 0.255 e. The second-order valence-corrected chi connectivity index (χ2v) is 4.80. The van der Waals surface area contributed by atoms with Gasteiger partial charge in [-0.05, 0) is 37.0 Å². The summed E-state index contributed by atoms with van der Waals surface area (Å²) < 4.78 is 0. The standard InChI is InChI=1S/C12H14ClNO3/c13-8-1-2-11(16)10(5-8)12(17)14-6-7-3-9(15)4-7/h1-2,5,7,9,15-16H,3-4,6H2,(H,14,17). The van der Waals surface area contributed by atoms with E-state index >= 15 is 0 Å². The van der Waals surface area contributed by atoms with Gasteiger partial charge < -0.3 is 15.5 Å². The minimum absolute atomic E-state index is 0.0828. The largest absolute Gasteiger partial charge is 0.507 e. The van der Waals surface area contributed by atoms with Gasteiger partial charge in [0.15, 0.2) is 0 Å². The van der Waals surface area contributed by atoms with Gasteiger partial charge in [0, 0.05) is 11.6 Å². The lowest BCUT2D eigenvalue weighted by molar-refractivity contribution is 0.0420. The molecule has 0 atom stereocenters. The molecule has 17 heavy (non-hydrogen) atoms. The molecular weight excluding hydrogens is 242 g/mol. The molecule has 1 aromatic rings. The number of hydrogen-bond acceptors (Lipinski definition) is 3. The number of carbonyl (C=O) groups excluding carboxylic acids is 1. The third-order valence-electron chi connectivity index (χ3n) is 2.97. The van der Waals surface area contributed by atoms with Crippen LogP contribution in [0.2, 0.25) is 5.02 Å². The molecule has 2 rings (SSSR count). The van der Waals surface area contributed by atoms with Crippen molar-refractivity contribution in [2.24, 2.45) is 5.92 Å². The Morgan fingerprint density at radius 2 is 2.18 bits per heavy atom. The summed E-state index contributed by atoms with van der Waals surface area (Å²) in [5, 5.41) is 21.8. The minimum Gasteiger partial charge on any atom is -0.507 e. The highest BCUT2D eigenvalue weighted by Gasteiger charge is 2.27. The maximum atomic E-state index is 11.8. The van der Waals surface area contributed by atoms with Gasteiger partial charge >= 0.3 is 0 Å². The van der Waals surface area contributed by atoms with Gasteiger partial charge in [0.25, 0.3) is 5.91 Å². The van der Waals surface area contributed by atoms with Gasteiger partial charge in [-0.2, -0.15) is 0 Å². The monoisotopic (exact) mass is 255 g/mol. The van der Waals surface area contributed by atoms with E-state index in [0.717, 1.165) is 12.8 Å². The molecule has 92 valence electrons. The van der Waals surface area contributed by atoms with Gasteiger partial charge in [-0.3, -0.25) is 4.79 Å². The number of benzene rings is 1. The van der Waals surface area contributed by atoms with E-state index in [1.165, 1.54) is 18.2 Å². The van der Waals surface area contributed by atoms with Crippen LogP contribution in [-0.2, 0) is 0 Å². The number of aliphatic hydroxyl groups excluding tert-OH is 1. The molecule has 5 heteroatoms. The Labute approximate surface area is 104 Å². The normalized spacial score (nSPS) is 22.9. The second kappa shape index (κ2) is 4.94. The van der Waals surface area contributed by atoms with Crippen LogP contribution >= 0.6 is 11.6 Å². The maximum absolute atomic E-state index is 11.8. The van der Waals surface area contributed by atoms with Crippen LogP contribution in [0.1, 0.15) is 23.2 Å². The Bertz CT molecular complexity index is 430. The third kappa shape index (κ3) is 2.90. The van der Waals surface area contributed by atoms with Crippen molar-refractivity contribution < 1.29 is 15.0 Å². The highest BCUT2D eigenvalue weighted by Crippen LogP contribution is 2.26. The number of rotatable bonds is 3. The van der Waals surface area contributed by atoms with Crippen LogP contribution < -0.4 is 5.32 Å². The summed E-state index contributed by atoms with van der Waals surface area (Å²) in [6.45, 7) is 0.516. The number of aliphatic hydroxyl groups is 1. The number of nitrogens with one attached hydrogen (secondary N) is 1. The SMILES string of the molecule is O=C(NCC1CC(O)C1)c1cc(Cl)ccc1O. The van der Waals surface area contributed by atoms with Crippen molar-refractivity contribution in [3.8, 4) is 5.75 Å². The van der Waals surface area contributed by atoms with Crippen LogP contribution in [-0.4, -0.2) is 28.8 Å². The summed E-state index contributed by atoms with van der Waals surface area (Å²) in [6.07, 6.45) is 1.22. The second-order valence-electron chi connectivity index (χ2n) is 4.36. The van der Waals surface area contributed by atoms with Crippen LogP contribution in [0.3, 0.4) is 0 Å². The molecule has 1 saturated carbocycles. The van der Waals surface area contributed by atoms with E-state index in [1.807, 2.05) is 0 Å². The van der Waals surface area contributed by atoms with E-state index in [4.69, 9.17) is 16.7 Å². The predicted octanol–water partition coefficient (Wildman–Crippen LogP) is 1.55. The molecule has 0 unspecified atom stereocenters. The molecule has 1 amide bonds. The highest BCUT2D eigenvalue weighted by atomic mass is 35.5. The van der Waals surface area contributed by atoms with Gasteiger partial charge in [-0.15, -0.1) is 0 Å². The van der Waals surface area contributed by atoms with Crippen molar-refractivity contribution in [1.82, 2.24) is 5.32 Å². The third-order valence-corrected chi connectivity index (χ3v) is 3.20. The summed E-state index contributed by atoms with van der Waals surface area (Å²) in [5.41, 5.74) is 0.178. The van der Waals surface area contributed by atoms with Crippen molar-refractivity contribution in [2.75, 3.05) is 6.54 Å². The highest BCUT2D eigenvalue weighted by molar-refractivity contribution is 6.31. The van der Waals surface area contributed by atoms with E-state index in [0.29, 0.717) is 17.5 Å². The lowest BCUT2D eigenvalue weighted by Gasteiger charge is -2.31. The van der Waals surface area contributed by atoms with Gasteiger partial charge in [0.1, 0.15) is 5.75 Å². The molecule has 1 aliphatic carbocycles. The topological polar surface area (TPSA) is 69.6 Å². The van der Waals surface area contributed by atoms with E-state index in [9.17, 15) is 9.90 Å². The van der Waals surface area contributed by atoms with Crippen LogP contribution in [0.25, 0.3) is 0 Å². The van der Waals surface area contributed by atoms with E-state index < -0.39 is 0 Å². The average molecular weight is 256 g/mol. The number of carbonyl (C=O) groups is 1. The van der Waals surface area contributed by atoms with Crippen LogP contribution in [0.4, 0.5) is 0 Å². The molecule has 0 spiro atoms. The van der Waals surface area contributed by atoms with Gasteiger partial charge in [0.2, 0.25) is 0 Å². The zero-order chi connectivity index (χ0) is 12.4. The lowest BCUT2D eigenvalue weighted by Crippen LogP contribution is -2.38. The zero-order valence-electron chi connectivity index (χ0n) is 9.19. The molecule has 0 saturated heterocycles. The van der Waals surface area contributed by atoms with E-state index in [2.05, 4.69) is 5.32 Å². The fourth-order valence-corrected chi connectivity index (χ4v) is 2.06. The molecule has 4 nitrogen and oxygen atoms in total. The van der Waals surface area contributed by atoms with Crippen molar-refractivity contribution in [3.05, 3.63) is 28.8 Å². The van der Waals surface area contributed by atoms with Gasteiger partial charge in [0.05, 0.1) is 11.7 Å². The van der Waals surface area contributed by atoms with Gasteiger partial charge in [-0.1, -0.05) is 11.6 Å². The van der Waals surface area contributed by atoms with Crippen LogP contribution in [0.15, 0.2) is 18.2 Å². The van der Waals surface area contributed by atoms with Crippen LogP contribution in [0, 0.1) is 5.92 Å². The quantitative estimate of drug-likeness (QED) is 0.768. The van der Waals surface area contributed by atoms with Crippen molar-refractivity contribution >= 4 is 17.5 Å². The fraction of sp³-hybridized carbons (Fsp3) is 0.417. The average Bonchev–Trinajstić information content (AvgIpc) is 2.26. The van der Waals surface area contributed by atoms with Crippen molar-refractivity contribution in [1.29, 1.82) is 0 Å². The summed E-state index contributed by atoms with van der Waals surface area (Å²) in [7, 11) is 0. The van der Waals surface area contributed by atoms with E-state index in [1.54, 1.807) is 0 Å². The number of phenols is 1. The molecule has 0 heterocycles. The van der Waals surface area contributed by atoms with Gasteiger partial charge in [-0.25, -0.2) is 0 Å². The summed E-state index contributed by atoms with van der Waals surface area (Å²) in [6, 6.07) is 4.35. The number of phenolic OH excluding ortho intramolecular Hbond substituents is 1. The first-order valence-corrected chi connectivity index (χ1v) is 5.89. The first-order valence-electron chi connectivity index (χ1n) is 5.51. The number of halogens is 1. The smallest absolute Gasteiger partial charge is 0.255 e. The molecule has 3 N–H and O–H groups in total. The number of hydrogen-bond donors (Lipinski definition) is 3. The Hall–Kier alpha value is -1.26. The van der Waals surface area contributed by atoms with Crippen molar-refractivity contribution in [2.45, 2.75) is 18.9 Å². The first kappa shape index (κ1) is 12.2. The molecule has 0 aromatic heterocycles. The molecule has 1 aromatic carbocycles. The number of amides is 1. The number of aromatic hydroxyl groups is 1. The molecule has 0 radical (unpaired) electrons. The molecule has 0 aliphatic heterocycles. The fourth-order valence-electron chi connectivity index (χ4n) is 1.89. The Kier molecular flexibility index (Phi) is 3.54. The minimum atomic E-state index is -0.341. The Balaban J connectivity index is 1.92. The molecule has 1 fully saturated rings. The van der Waals surface area contributed by atoms with E-state index in [-0.39, 0.29) is 23.3 Å². The first-order chi connectivity index (χ1) is 8.06. The predicted molar refractivity (Wildman–Crippen MR) is 64.2 cm³/mol.